The summed E-state index contributed by atoms with van der Waals surface area (Å²) in [7, 11) is 0. The number of fused-ring (bicyclic) bond motifs is 1. The third-order valence-corrected chi connectivity index (χ3v) is 3.85. The molecule has 0 aliphatic rings. The van der Waals surface area contributed by atoms with Gasteiger partial charge < -0.3 is 15.3 Å². The van der Waals surface area contributed by atoms with Gasteiger partial charge in [-0.25, -0.2) is 4.98 Å². The minimum atomic E-state index is -0.0610. The van der Waals surface area contributed by atoms with Crippen LogP contribution in [0.1, 0.15) is 5.69 Å². The number of rotatable bonds is 2. The first kappa shape index (κ1) is 11.5. The summed E-state index contributed by atoms with van der Waals surface area (Å²) in [5.41, 5.74) is 8.52. The minimum absolute atomic E-state index is 0.0610. The van der Waals surface area contributed by atoms with Gasteiger partial charge in [0.05, 0.1) is 17.6 Å². The van der Waals surface area contributed by atoms with Gasteiger partial charge in [0, 0.05) is 15.5 Å². The predicted octanol–water partition coefficient (Wildman–Crippen LogP) is 2.18. The molecule has 1 aromatic carbocycles. The van der Waals surface area contributed by atoms with Crippen LogP contribution in [-0.4, -0.2) is 14.5 Å². The Kier molecular flexibility index (Phi) is 2.71. The molecule has 0 unspecified atom stereocenters. The predicted molar refractivity (Wildman–Crippen MR) is 75.9 cm³/mol. The molecule has 0 radical (unpaired) electrons. The van der Waals surface area contributed by atoms with Crippen molar-refractivity contribution in [3.63, 3.8) is 0 Å². The molecule has 5 nitrogen and oxygen atoms in total. The maximum absolute atomic E-state index is 11.1. The van der Waals surface area contributed by atoms with Crippen molar-refractivity contribution in [1.29, 1.82) is 0 Å². The number of H-pyrrole nitrogens is 1. The maximum Gasteiger partial charge on any atom is 0.304 e. The number of aromatic amines is 1. The lowest BCUT2D eigenvalue weighted by Gasteiger charge is -2.04. The second kappa shape index (κ2) is 4.25. The lowest BCUT2D eigenvalue weighted by molar-refractivity contribution is 0.813. The Labute approximate surface area is 114 Å². The first-order chi connectivity index (χ1) is 8.63. The molecule has 92 valence electrons. The zero-order valence-corrected chi connectivity index (χ0v) is 11.6. The number of nitrogens with zero attached hydrogens (tertiary/aromatic N) is 2. The summed E-state index contributed by atoms with van der Waals surface area (Å²) in [6.45, 7) is 0.511. The lowest BCUT2D eigenvalue weighted by atomic mass is 10.3. The van der Waals surface area contributed by atoms with Gasteiger partial charge in [-0.1, -0.05) is 27.3 Å². The first-order valence-electron chi connectivity index (χ1n) is 5.21. The van der Waals surface area contributed by atoms with Crippen LogP contribution < -0.4 is 10.6 Å². The van der Waals surface area contributed by atoms with Crippen LogP contribution in [0.2, 0.25) is 0 Å². The Morgan fingerprint density at radius 3 is 3.06 bits per heavy atom. The highest BCUT2D eigenvalue weighted by molar-refractivity contribution is 9.10. The van der Waals surface area contributed by atoms with E-state index >= 15 is 0 Å². The highest BCUT2D eigenvalue weighted by Gasteiger charge is 2.09. The topological polar surface area (TPSA) is 76.7 Å². The van der Waals surface area contributed by atoms with Gasteiger partial charge in [-0.2, -0.15) is 0 Å². The third-order valence-electron chi connectivity index (χ3n) is 2.64. The number of benzene rings is 1. The Balaban J connectivity index is 2.13. The van der Waals surface area contributed by atoms with Crippen LogP contribution in [0.15, 0.2) is 32.8 Å². The van der Waals surface area contributed by atoms with E-state index in [2.05, 4.69) is 25.9 Å². The van der Waals surface area contributed by atoms with Gasteiger partial charge >= 0.3 is 4.87 Å². The highest BCUT2D eigenvalue weighted by atomic mass is 79.9. The molecule has 0 fully saturated rings. The van der Waals surface area contributed by atoms with E-state index in [1.807, 2.05) is 22.8 Å². The summed E-state index contributed by atoms with van der Waals surface area (Å²) in [4.78, 5) is 18.1. The summed E-state index contributed by atoms with van der Waals surface area (Å²) in [5.74, 6) is 0.440. The number of nitrogens with two attached hydrogens (primary N) is 1. The van der Waals surface area contributed by atoms with E-state index in [4.69, 9.17) is 5.73 Å². The van der Waals surface area contributed by atoms with Crippen molar-refractivity contribution in [1.82, 2.24) is 14.5 Å². The molecular weight excluding hydrogens is 316 g/mol. The van der Waals surface area contributed by atoms with Gasteiger partial charge in [0.25, 0.3) is 0 Å². The summed E-state index contributed by atoms with van der Waals surface area (Å²) in [5, 5.41) is 1.80. The van der Waals surface area contributed by atoms with Crippen LogP contribution in [0.3, 0.4) is 0 Å². The molecule has 7 heteroatoms. The Hall–Kier alpha value is -1.60. The van der Waals surface area contributed by atoms with Gasteiger partial charge in [-0.3, -0.25) is 4.79 Å². The molecule has 0 atom stereocenters. The monoisotopic (exact) mass is 324 g/mol. The van der Waals surface area contributed by atoms with Gasteiger partial charge in [0.15, 0.2) is 0 Å². The number of hydrogen-bond acceptors (Lipinski definition) is 4. The number of aromatic nitrogens is 3. The third kappa shape index (κ3) is 1.95. The number of nitrogen functional groups attached to an aromatic ring is 1. The number of halogens is 1. The van der Waals surface area contributed by atoms with Crippen LogP contribution in [0, 0.1) is 0 Å². The summed E-state index contributed by atoms with van der Waals surface area (Å²) < 4.78 is 2.84. The average Bonchev–Trinajstić information content (AvgIpc) is 2.86. The molecule has 0 bridgehead atoms. The lowest BCUT2D eigenvalue weighted by Crippen LogP contribution is -2.06. The van der Waals surface area contributed by atoms with Crippen LogP contribution in [-0.2, 0) is 6.54 Å². The Morgan fingerprint density at radius 2 is 2.33 bits per heavy atom. The Bertz CT molecular complexity index is 773. The molecule has 0 spiro atoms. The van der Waals surface area contributed by atoms with E-state index in [9.17, 15) is 4.79 Å². The van der Waals surface area contributed by atoms with E-state index in [1.165, 1.54) is 0 Å². The summed E-state index contributed by atoms with van der Waals surface area (Å²) in [6.07, 6.45) is 0. The molecule has 3 rings (SSSR count). The smallest absolute Gasteiger partial charge is 0.304 e. The van der Waals surface area contributed by atoms with Crippen molar-refractivity contribution in [2.24, 2.45) is 0 Å². The van der Waals surface area contributed by atoms with Crippen molar-refractivity contribution < 1.29 is 0 Å². The molecule has 2 aromatic heterocycles. The molecule has 2 heterocycles. The van der Waals surface area contributed by atoms with Crippen LogP contribution in [0.25, 0.3) is 11.0 Å². The number of imidazole rings is 1. The van der Waals surface area contributed by atoms with Gasteiger partial charge in [0.1, 0.15) is 0 Å². The molecular formula is C11H9BrN4OS. The number of thiazole rings is 1. The normalized spacial score (nSPS) is 11.2. The standard InChI is InChI=1S/C11H9BrN4OS/c12-6-1-2-8-9(3-6)16(10(13)15-8)4-7-5-18-11(17)14-7/h1-3,5H,4H2,(H2,13,15)(H,14,17). The van der Waals surface area contributed by atoms with E-state index in [0.29, 0.717) is 12.5 Å². The van der Waals surface area contributed by atoms with Crippen LogP contribution in [0.5, 0.6) is 0 Å². The van der Waals surface area contributed by atoms with Crippen LogP contribution >= 0.6 is 27.3 Å². The van der Waals surface area contributed by atoms with Crippen LogP contribution in [0.4, 0.5) is 5.95 Å². The quantitative estimate of drug-likeness (QED) is 0.758. The maximum atomic E-state index is 11.1. The summed E-state index contributed by atoms with van der Waals surface area (Å²) in [6, 6.07) is 5.79. The molecule has 3 N–H and O–H groups in total. The van der Waals surface area contributed by atoms with Gasteiger partial charge in [0.2, 0.25) is 5.95 Å². The zero-order valence-electron chi connectivity index (χ0n) is 9.18. The molecule has 0 aliphatic carbocycles. The largest absolute Gasteiger partial charge is 0.369 e. The van der Waals surface area contributed by atoms with Gasteiger partial charge in [-0.05, 0) is 18.2 Å². The van der Waals surface area contributed by atoms with Crippen molar-refractivity contribution in [3.8, 4) is 0 Å². The second-order valence-corrected chi connectivity index (χ2v) is 5.62. The summed E-state index contributed by atoms with van der Waals surface area (Å²) >= 11 is 4.57. The highest BCUT2D eigenvalue weighted by Crippen LogP contribution is 2.22. The SMILES string of the molecule is Nc1nc2ccc(Br)cc2n1Cc1csc(=O)[nH]1. The molecule has 0 saturated heterocycles. The molecule has 18 heavy (non-hydrogen) atoms. The van der Waals surface area contributed by atoms with Crippen molar-refractivity contribution >= 4 is 44.2 Å². The first-order valence-corrected chi connectivity index (χ1v) is 6.89. The van der Waals surface area contributed by atoms with E-state index in [1.54, 1.807) is 5.38 Å². The van der Waals surface area contributed by atoms with E-state index in [-0.39, 0.29) is 4.87 Å². The van der Waals surface area contributed by atoms with E-state index in [0.717, 1.165) is 32.5 Å². The second-order valence-electron chi connectivity index (χ2n) is 3.86. The number of anilines is 1. The molecule has 0 saturated carbocycles. The fourth-order valence-electron chi connectivity index (χ4n) is 1.84. The van der Waals surface area contributed by atoms with Crippen molar-refractivity contribution in [2.75, 3.05) is 5.73 Å². The van der Waals surface area contributed by atoms with E-state index < -0.39 is 0 Å². The average molecular weight is 325 g/mol. The number of nitrogens with one attached hydrogen (secondary N) is 1. The fourth-order valence-corrected chi connectivity index (χ4v) is 2.76. The molecule has 0 aliphatic heterocycles. The molecule has 0 amide bonds. The van der Waals surface area contributed by atoms with Gasteiger partial charge in [-0.15, -0.1) is 0 Å². The number of hydrogen-bond donors (Lipinski definition) is 2. The zero-order chi connectivity index (χ0) is 12.7. The molecule has 3 aromatic rings. The van der Waals surface area contributed by atoms with Crippen molar-refractivity contribution in [3.05, 3.63) is 43.4 Å². The Morgan fingerprint density at radius 1 is 1.50 bits per heavy atom. The fraction of sp³-hybridized carbons (Fsp3) is 0.0909. The minimum Gasteiger partial charge on any atom is -0.369 e. The van der Waals surface area contributed by atoms with Crippen molar-refractivity contribution in [2.45, 2.75) is 6.54 Å².